The number of fused-ring (bicyclic) bond motifs is 1. The van der Waals surface area contributed by atoms with Crippen LogP contribution in [0.25, 0.3) is 22.0 Å². The lowest BCUT2D eigenvalue weighted by Gasteiger charge is -2.06. The van der Waals surface area contributed by atoms with Gasteiger partial charge in [-0.3, -0.25) is 20.9 Å². The van der Waals surface area contributed by atoms with Crippen molar-refractivity contribution in [3.63, 3.8) is 0 Å². The summed E-state index contributed by atoms with van der Waals surface area (Å²) >= 11 is 0. The molecule has 3 N–H and O–H groups in total. The Morgan fingerprint density at radius 2 is 2.21 bits per heavy atom. The third kappa shape index (κ3) is 2.21. The Hall–Kier alpha value is -2.24. The van der Waals surface area contributed by atoms with Crippen LogP contribution in [0.4, 0.5) is 0 Å². The molecule has 0 spiro atoms. The second-order valence-electron chi connectivity index (χ2n) is 4.49. The van der Waals surface area contributed by atoms with E-state index in [9.17, 15) is 0 Å². The van der Waals surface area contributed by atoms with Gasteiger partial charge in [-0.15, -0.1) is 0 Å². The summed E-state index contributed by atoms with van der Waals surface area (Å²) in [6, 6.07) is 8.24. The molecule has 1 aromatic carbocycles. The van der Waals surface area contributed by atoms with E-state index in [-0.39, 0.29) is 0 Å². The number of hydrogen-bond acceptors (Lipinski definition) is 4. The molecule has 0 atom stereocenters. The molecule has 5 nitrogen and oxygen atoms in total. The van der Waals surface area contributed by atoms with E-state index in [2.05, 4.69) is 27.6 Å². The van der Waals surface area contributed by atoms with Crippen molar-refractivity contribution < 1.29 is 0 Å². The Morgan fingerprint density at radius 3 is 2.95 bits per heavy atom. The average molecular weight is 253 g/mol. The highest BCUT2D eigenvalue weighted by molar-refractivity contribution is 5.87. The lowest BCUT2D eigenvalue weighted by molar-refractivity contribution is 0.745. The lowest BCUT2D eigenvalue weighted by Crippen LogP contribution is -2.20. The largest absolute Gasteiger partial charge is 0.275 e. The van der Waals surface area contributed by atoms with Gasteiger partial charge < -0.3 is 0 Å². The number of nitrogens with two attached hydrogens (primary N) is 1. The van der Waals surface area contributed by atoms with Gasteiger partial charge in [-0.25, -0.2) is 0 Å². The minimum absolute atomic E-state index is 0.630. The molecule has 0 radical (unpaired) electrons. The minimum atomic E-state index is 0.630. The summed E-state index contributed by atoms with van der Waals surface area (Å²) in [6.45, 7) is 0.630. The van der Waals surface area contributed by atoms with Crippen LogP contribution in [0.15, 0.2) is 42.9 Å². The molecule has 5 heteroatoms. The first-order chi connectivity index (χ1) is 9.28. The lowest BCUT2D eigenvalue weighted by atomic mass is 10.0. The monoisotopic (exact) mass is 253 g/mol. The molecule has 0 unspecified atom stereocenters. The van der Waals surface area contributed by atoms with Gasteiger partial charge >= 0.3 is 0 Å². The molecule has 0 aliphatic rings. The zero-order valence-electron chi connectivity index (χ0n) is 10.7. The maximum atomic E-state index is 5.39. The smallest absolute Gasteiger partial charge is 0.0739 e. The Morgan fingerprint density at radius 1 is 1.32 bits per heavy atom. The summed E-state index contributed by atoms with van der Waals surface area (Å²) in [6.07, 6.45) is 5.67. The first-order valence-corrected chi connectivity index (χ1v) is 6.08. The third-order valence-electron chi connectivity index (χ3n) is 3.15. The Balaban J connectivity index is 2.11. The van der Waals surface area contributed by atoms with Crippen LogP contribution in [-0.2, 0) is 13.6 Å². The third-order valence-corrected chi connectivity index (χ3v) is 3.15. The highest BCUT2D eigenvalue weighted by Crippen LogP contribution is 2.23. The maximum absolute atomic E-state index is 5.39. The molecule has 96 valence electrons. The van der Waals surface area contributed by atoms with Gasteiger partial charge in [-0.2, -0.15) is 5.10 Å². The zero-order chi connectivity index (χ0) is 13.2. The molecule has 0 amide bonds. The molecule has 2 aromatic heterocycles. The fraction of sp³-hybridized carbons (Fsp3) is 0.143. The van der Waals surface area contributed by atoms with Gasteiger partial charge in [0, 0.05) is 36.9 Å². The molecule has 3 aromatic rings. The van der Waals surface area contributed by atoms with Crippen LogP contribution < -0.4 is 11.3 Å². The van der Waals surface area contributed by atoms with Gasteiger partial charge in [0.05, 0.1) is 11.9 Å². The predicted octanol–water partition coefficient (Wildman–Crippen LogP) is 1.60. The van der Waals surface area contributed by atoms with Gasteiger partial charge in [-0.1, -0.05) is 18.2 Å². The van der Waals surface area contributed by atoms with Crippen molar-refractivity contribution in [2.45, 2.75) is 6.54 Å². The molecule has 19 heavy (non-hydrogen) atoms. The van der Waals surface area contributed by atoms with E-state index >= 15 is 0 Å². The summed E-state index contributed by atoms with van der Waals surface area (Å²) in [5.41, 5.74) is 5.78. The summed E-state index contributed by atoms with van der Waals surface area (Å²) in [7, 11) is 1.90. The number of hydrazine groups is 1. The number of pyridine rings is 1. The van der Waals surface area contributed by atoms with Gasteiger partial charge in [0.25, 0.3) is 0 Å². The number of aromatic nitrogens is 3. The van der Waals surface area contributed by atoms with Gasteiger partial charge in [0.15, 0.2) is 0 Å². The normalized spacial score (nSPS) is 11.1. The fourth-order valence-corrected chi connectivity index (χ4v) is 2.21. The van der Waals surface area contributed by atoms with Crippen LogP contribution in [0.1, 0.15) is 5.56 Å². The van der Waals surface area contributed by atoms with Crippen molar-refractivity contribution in [3.05, 3.63) is 48.4 Å². The van der Waals surface area contributed by atoms with Gasteiger partial charge in [0.1, 0.15) is 0 Å². The van der Waals surface area contributed by atoms with E-state index in [1.165, 1.54) is 0 Å². The minimum Gasteiger partial charge on any atom is -0.275 e. The van der Waals surface area contributed by atoms with Crippen LogP contribution >= 0.6 is 0 Å². The fourth-order valence-electron chi connectivity index (χ4n) is 2.21. The molecule has 0 bridgehead atoms. The van der Waals surface area contributed by atoms with Crippen molar-refractivity contribution in [3.8, 4) is 11.3 Å². The SMILES string of the molecule is Cn1cc(-c2cc3cccc(CNN)c3cn2)cn1. The average Bonchev–Trinajstić information content (AvgIpc) is 2.86. The second kappa shape index (κ2) is 4.79. The Labute approximate surface area is 111 Å². The van der Waals surface area contributed by atoms with Gasteiger partial charge in [-0.05, 0) is 17.0 Å². The molecule has 0 saturated carbocycles. The molecule has 0 aliphatic carbocycles. The van der Waals surface area contributed by atoms with Gasteiger partial charge in [0.2, 0.25) is 0 Å². The molecule has 2 heterocycles. The van der Waals surface area contributed by atoms with Crippen molar-refractivity contribution >= 4 is 10.8 Å². The maximum Gasteiger partial charge on any atom is 0.0739 e. The molecular formula is C14H15N5. The van der Waals surface area contributed by atoms with Crippen LogP contribution in [-0.4, -0.2) is 14.8 Å². The van der Waals surface area contributed by atoms with E-state index in [1.54, 1.807) is 4.68 Å². The van der Waals surface area contributed by atoms with Crippen molar-refractivity contribution in [1.29, 1.82) is 0 Å². The van der Waals surface area contributed by atoms with Crippen LogP contribution in [0.5, 0.6) is 0 Å². The van der Waals surface area contributed by atoms with E-state index in [4.69, 9.17) is 5.84 Å². The number of hydrogen-bond donors (Lipinski definition) is 2. The summed E-state index contributed by atoms with van der Waals surface area (Å²) in [5.74, 6) is 5.39. The number of rotatable bonds is 3. The molecule has 0 aliphatic heterocycles. The molecule has 0 saturated heterocycles. The zero-order valence-corrected chi connectivity index (χ0v) is 10.7. The molecular weight excluding hydrogens is 238 g/mol. The van der Waals surface area contributed by atoms with E-state index in [0.717, 1.165) is 27.6 Å². The second-order valence-corrected chi connectivity index (χ2v) is 4.49. The number of benzene rings is 1. The Bertz CT molecular complexity index is 717. The highest BCUT2D eigenvalue weighted by atomic mass is 15.2. The summed E-state index contributed by atoms with van der Waals surface area (Å²) in [5, 5.41) is 6.44. The topological polar surface area (TPSA) is 68.8 Å². The highest BCUT2D eigenvalue weighted by Gasteiger charge is 2.05. The van der Waals surface area contributed by atoms with Crippen LogP contribution in [0.2, 0.25) is 0 Å². The quantitative estimate of drug-likeness (QED) is 0.549. The Kier molecular flexibility index (Phi) is 2.98. The van der Waals surface area contributed by atoms with Crippen LogP contribution in [0.3, 0.4) is 0 Å². The predicted molar refractivity (Wildman–Crippen MR) is 75.0 cm³/mol. The standard InChI is InChI=1S/C14H15N5/c1-19-9-12(7-18-19)14-5-10-3-2-4-11(6-17-15)13(10)8-16-14/h2-5,7-9,17H,6,15H2,1H3. The first kappa shape index (κ1) is 11.8. The van der Waals surface area contributed by atoms with Crippen molar-refractivity contribution in [1.82, 2.24) is 20.2 Å². The van der Waals surface area contributed by atoms with Crippen LogP contribution in [0, 0.1) is 0 Å². The summed E-state index contributed by atoms with van der Waals surface area (Å²) in [4.78, 5) is 4.51. The van der Waals surface area contributed by atoms with E-state index in [1.807, 2.05) is 37.8 Å². The first-order valence-electron chi connectivity index (χ1n) is 6.08. The molecule has 0 fully saturated rings. The van der Waals surface area contributed by atoms with E-state index in [0.29, 0.717) is 6.54 Å². The number of nitrogens with zero attached hydrogens (tertiary/aromatic N) is 3. The van der Waals surface area contributed by atoms with Crippen molar-refractivity contribution in [2.24, 2.45) is 12.9 Å². The number of aryl methyl sites for hydroxylation is 1. The number of nitrogens with one attached hydrogen (secondary N) is 1. The summed E-state index contributed by atoms with van der Waals surface area (Å²) < 4.78 is 1.77. The van der Waals surface area contributed by atoms with Crippen molar-refractivity contribution in [2.75, 3.05) is 0 Å². The molecule has 3 rings (SSSR count). The van der Waals surface area contributed by atoms with E-state index < -0.39 is 0 Å².